The van der Waals surface area contributed by atoms with Gasteiger partial charge < -0.3 is 25.3 Å². The number of amides is 1. The summed E-state index contributed by atoms with van der Waals surface area (Å²) in [5.74, 6) is 0.0610. The van der Waals surface area contributed by atoms with Gasteiger partial charge >= 0.3 is 6.09 Å². The molecule has 1 amide bonds. The highest BCUT2D eigenvalue weighted by molar-refractivity contribution is 5.99. The second-order valence-corrected chi connectivity index (χ2v) is 10.1. The lowest BCUT2D eigenvalue weighted by molar-refractivity contribution is -0.0161. The van der Waals surface area contributed by atoms with E-state index in [0.29, 0.717) is 67.2 Å². The number of nitrogen functional groups attached to an aromatic ring is 1. The van der Waals surface area contributed by atoms with Crippen LogP contribution in [0.3, 0.4) is 0 Å². The van der Waals surface area contributed by atoms with Gasteiger partial charge in [-0.15, -0.1) is 0 Å². The average molecular weight is 541 g/mol. The molecule has 0 aliphatic carbocycles. The summed E-state index contributed by atoms with van der Waals surface area (Å²) >= 11 is 0. The Balaban J connectivity index is 1.20. The summed E-state index contributed by atoms with van der Waals surface area (Å²) in [5, 5.41) is 6.77. The fourth-order valence-corrected chi connectivity index (χ4v) is 5.51. The Hall–Kier alpha value is -3.77. The molecule has 206 valence electrons. The number of nitrogens with one attached hydrogen (secondary N) is 2. The molecule has 10 nitrogen and oxygen atoms in total. The first kappa shape index (κ1) is 25.5. The predicted octanol–water partition coefficient (Wildman–Crippen LogP) is 3.88. The number of fused-ring (bicyclic) bond motifs is 2. The summed E-state index contributed by atoms with van der Waals surface area (Å²) in [7, 11) is 0. The van der Waals surface area contributed by atoms with E-state index < -0.39 is 24.2 Å². The quantitative estimate of drug-likeness (QED) is 0.423. The number of likely N-dealkylation sites (tertiary alicyclic amines) is 1. The summed E-state index contributed by atoms with van der Waals surface area (Å²) in [6, 6.07) is 3.43. The third-order valence-corrected chi connectivity index (χ3v) is 7.66. The Morgan fingerprint density at radius 1 is 1.23 bits per heavy atom. The second-order valence-electron chi connectivity index (χ2n) is 10.1. The lowest BCUT2D eigenvalue weighted by Crippen LogP contribution is -2.50. The van der Waals surface area contributed by atoms with Crippen molar-refractivity contribution in [3.05, 3.63) is 35.9 Å². The van der Waals surface area contributed by atoms with Crippen LogP contribution in [0.5, 0.6) is 5.88 Å². The maximum atomic E-state index is 15.4. The number of carbonyl (C=O) groups is 1. The number of anilines is 3. The number of piperidine rings is 1. The zero-order valence-corrected chi connectivity index (χ0v) is 21.5. The van der Waals surface area contributed by atoms with Crippen molar-refractivity contribution in [1.82, 2.24) is 14.9 Å². The summed E-state index contributed by atoms with van der Waals surface area (Å²) in [5.41, 5.74) is 8.40. The molecular weight excluding hydrogens is 510 g/mol. The molecular formula is C27H30F2N6O4. The van der Waals surface area contributed by atoms with Crippen molar-refractivity contribution in [3.63, 3.8) is 0 Å². The number of carbonyl (C=O) groups excluding carboxylic acids is 1. The zero-order chi connectivity index (χ0) is 27.1. The van der Waals surface area contributed by atoms with Gasteiger partial charge in [0, 0.05) is 67.6 Å². The van der Waals surface area contributed by atoms with Crippen LogP contribution in [0.4, 0.5) is 30.8 Å². The third kappa shape index (κ3) is 4.89. The maximum absolute atomic E-state index is 15.4. The number of pyridine rings is 2. The lowest BCUT2D eigenvalue weighted by Gasteiger charge is -2.37. The van der Waals surface area contributed by atoms with Crippen LogP contribution in [0.25, 0.3) is 21.9 Å². The van der Waals surface area contributed by atoms with Gasteiger partial charge in [0.15, 0.2) is 5.82 Å². The van der Waals surface area contributed by atoms with E-state index in [2.05, 4.69) is 25.5 Å². The van der Waals surface area contributed by atoms with Crippen molar-refractivity contribution < 1.29 is 27.8 Å². The molecule has 2 saturated heterocycles. The first-order valence-corrected chi connectivity index (χ1v) is 13.1. The van der Waals surface area contributed by atoms with Gasteiger partial charge in [0.25, 0.3) is 0 Å². The molecule has 3 aliphatic heterocycles. The number of aromatic nitrogens is 2. The van der Waals surface area contributed by atoms with E-state index in [9.17, 15) is 9.18 Å². The molecule has 3 aromatic rings. The van der Waals surface area contributed by atoms with Crippen LogP contribution in [0.1, 0.15) is 18.4 Å². The number of rotatable bonds is 4. The Kier molecular flexibility index (Phi) is 6.81. The molecule has 6 rings (SSSR count). The molecule has 12 heteroatoms. The molecule has 0 bridgehead atoms. The maximum Gasteiger partial charge on any atom is 0.413 e. The van der Waals surface area contributed by atoms with E-state index in [1.165, 1.54) is 6.20 Å². The van der Waals surface area contributed by atoms with Crippen molar-refractivity contribution in [2.45, 2.75) is 38.1 Å². The van der Waals surface area contributed by atoms with E-state index in [0.717, 1.165) is 12.0 Å². The van der Waals surface area contributed by atoms with Crippen molar-refractivity contribution in [1.29, 1.82) is 0 Å². The van der Waals surface area contributed by atoms with Gasteiger partial charge in [0.05, 0.1) is 12.3 Å². The predicted molar refractivity (Wildman–Crippen MR) is 142 cm³/mol. The lowest BCUT2D eigenvalue weighted by atomic mass is 9.97. The molecule has 2 aromatic heterocycles. The first-order chi connectivity index (χ1) is 18.9. The van der Waals surface area contributed by atoms with Crippen LogP contribution in [-0.2, 0) is 9.47 Å². The van der Waals surface area contributed by atoms with Crippen LogP contribution in [0.15, 0.2) is 24.5 Å². The molecule has 0 radical (unpaired) electrons. The van der Waals surface area contributed by atoms with Crippen LogP contribution in [0.2, 0.25) is 0 Å². The van der Waals surface area contributed by atoms with Gasteiger partial charge in [0.2, 0.25) is 5.88 Å². The molecule has 3 atom stereocenters. The number of ether oxygens (including phenoxy) is 3. The van der Waals surface area contributed by atoms with E-state index in [1.807, 2.05) is 6.92 Å². The standard InChI is InChI=1S/C27H30F2N6O4/c1-14-18(10-33-26-25(14)31-4-7-38-26)17-8-15-9-22(32-11-19(15)24(30)23(17)29)34-27(36)39-21-2-5-35(12-20(21)28)16-3-6-37-13-16/h8-11,16,20-21,31H,2-7,12-13,30H2,1H3,(H,32,34,36). The number of alkyl halides is 1. The minimum Gasteiger partial charge on any atom is -0.474 e. The van der Waals surface area contributed by atoms with Crippen LogP contribution in [-0.4, -0.2) is 78.7 Å². The fourth-order valence-electron chi connectivity index (χ4n) is 5.51. The summed E-state index contributed by atoms with van der Waals surface area (Å²) in [4.78, 5) is 23.2. The molecule has 39 heavy (non-hydrogen) atoms. The van der Waals surface area contributed by atoms with Crippen LogP contribution < -0.4 is 21.1 Å². The summed E-state index contributed by atoms with van der Waals surface area (Å²) < 4.78 is 46.6. The van der Waals surface area contributed by atoms with E-state index in [1.54, 1.807) is 18.3 Å². The Morgan fingerprint density at radius 3 is 2.90 bits per heavy atom. The Morgan fingerprint density at radius 2 is 2.10 bits per heavy atom. The normalized spacial score (nSPS) is 23.1. The monoisotopic (exact) mass is 540 g/mol. The first-order valence-electron chi connectivity index (χ1n) is 13.1. The molecule has 5 heterocycles. The van der Waals surface area contributed by atoms with Gasteiger partial charge in [0.1, 0.15) is 30.4 Å². The summed E-state index contributed by atoms with van der Waals surface area (Å²) in [6.45, 7) is 5.11. The molecule has 0 saturated carbocycles. The highest BCUT2D eigenvalue weighted by Crippen LogP contribution is 2.39. The molecule has 1 aromatic carbocycles. The molecule has 3 unspecified atom stereocenters. The number of hydrogen-bond donors (Lipinski definition) is 3. The highest BCUT2D eigenvalue weighted by atomic mass is 19.1. The van der Waals surface area contributed by atoms with E-state index in [4.69, 9.17) is 19.9 Å². The Labute approximate surface area is 223 Å². The number of benzene rings is 1. The smallest absolute Gasteiger partial charge is 0.413 e. The van der Waals surface area contributed by atoms with Crippen molar-refractivity contribution in [2.24, 2.45) is 0 Å². The van der Waals surface area contributed by atoms with Crippen LogP contribution >= 0.6 is 0 Å². The number of nitrogens with two attached hydrogens (primary N) is 1. The molecule has 4 N–H and O–H groups in total. The number of hydrogen-bond acceptors (Lipinski definition) is 9. The third-order valence-electron chi connectivity index (χ3n) is 7.66. The van der Waals surface area contributed by atoms with Gasteiger partial charge in [-0.2, -0.15) is 0 Å². The fraction of sp³-hybridized carbons (Fsp3) is 0.444. The second kappa shape index (κ2) is 10.4. The molecule has 0 spiro atoms. The van der Waals surface area contributed by atoms with Crippen molar-refractivity contribution >= 4 is 34.1 Å². The number of halogens is 2. The Bertz CT molecular complexity index is 1420. The van der Waals surface area contributed by atoms with E-state index in [-0.39, 0.29) is 29.7 Å². The van der Waals surface area contributed by atoms with Gasteiger partial charge in [-0.1, -0.05) is 0 Å². The summed E-state index contributed by atoms with van der Waals surface area (Å²) in [6.07, 6.45) is 1.27. The van der Waals surface area contributed by atoms with Gasteiger partial charge in [-0.25, -0.2) is 23.5 Å². The van der Waals surface area contributed by atoms with Crippen LogP contribution in [0, 0.1) is 12.7 Å². The minimum absolute atomic E-state index is 0.0647. The number of nitrogens with zero attached hydrogens (tertiary/aromatic N) is 3. The largest absolute Gasteiger partial charge is 0.474 e. The molecule has 2 fully saturated rings. The SMILES string of the molecule is Cc1c(-c2cc3cc(NC(=O)OC4CCN(C5CCOC5)CC4F)ncc3c(N)c2F)cnc2c1NCCO2. The zero-order valence-electron chi connectivity index (χ0n) is 21.5. The molecule has 3 aliphatic rings. The van der Waals surface area contributed by atoms with Crippen molar-refractivity contribution in [2.75, 3.05) is 55.8 Å². The van der Waals surface area contributed by atoms with Gasteiger partial charge in [-0.3, -0.25) is 10.2 Å². The topological polar surface area (TPSA) is 124 Å². The van der Waals surface area contributed by atoms with Gasteiger partial charge in [-0.05, 0) is 36.4 Å². The minimum atomic E-state index is -1.30. The highest BCUT2D eigenvalue weighted by Gasteiger charge is 2.36. The van der Waals surface area contributed by atoms with Crippen molar-refractivity contribution in [3.8, 4) is 17.0 Å². The van der Waals surface area contributed by atoms with E-state index >= 15 is 4.39 Å². The average Bonchev–Trinajstić information content (AvgIpc) is 3.48.